The summed E-state index contributed by atoms with van der Waals surface area (Å²) in [5.74, 6) is -0.0682. The summed E-state index contributed by atoms with van der Waals surface area (Å²) in [5.41, 5.74) is 8.48. The molecule has 0 saturated carbocycles. The van der Waals surface area contributed by atoms with Crippen molar-refractivity contribution in [1.29, 1.82) is 0 Å². The molecule has 1 amide bonds. The number of carbonyl (C=O) groups excluding carboxylic acids is 1. The van der Waals surface area contributed by atoms with Crippen molar-refractivity contribution in [3.63, 3.8) is 0 Å². The third-order valence-electron chi connectivity index (χ3n) is 3.69. The van der Waals surface area contributed by atoms with Gasteiger partial charge in [0.25, 0.3) is 5.91 Å². The number of rotatable bonds is 3. The lowest BCUT2D eigenvalue weighted by Gasteiger charge is -2.24. The molecule has 0 spiro atoms. The summed E-state index contributed by atoms with van der Waals surface area (Å²) < 4.78 is 0. The SMILES string of the molecule is CCNC(=O)c1ccc(N2CCCN(C)CC2)c(N)c1. The molecule has 0 unspecified atom stereocenters. The van der Waals surface area contributed by atoms with E-state index in [-0.39, 0.29) is 5.91 Å². The number of nitrogens with one attached hydrogen (secondary N) is 1. The Morgan fingerprint density at radius 2 is 2.10 bits per heavy atom. The Labute approximate surface area is 120 Å². The van der Waals surface area contributed by atoms with E-state index in [4.69, 9.17) is 5.73 Å². The minimum Gasteiger partial charge on any atom is -0.397 e. The molecule has 1 saturated heterocycles. The van der Waals surface area contributed by atoms with Crippen molar-refractivity contribution in [2.45, 2.75) is 13.3 Å². The van der Waals surface area contributed by atoms with E-state index in [0.29, 0.717) is 17.8 Å². The number of nitrogens with two attached hydrogens (primary N) is 1. The Morgan fingerprint density at radius 1 is 1.30 bits per heavy atom. The van der Waals surface area contributed by atoms with Crippen molar-refractivity contribution in [1.82, 2.24) is 10.2 Å². The molecule has 0 aliphatic carbocycles. The average Bonchev–Trinajstić information content (AvgIpc) is 2.64. The predicted octanol–water partition coefficient (Wildman–Crippen LogP) is 1.16. The van der Waals surface area contributed by atoms with Gasteiger partial charge in [-0.05, 0) is 45.1 Å². The number of carbonyl (C=O) groups is 1. The average molecular weight is 276 g/mol. The largest absolute Gasteiger partial charge is 0.397 e. The van der Waals surface area contributed by atoms with Crippen molar-refractivity contribution in [2.24, 2.45) is 0 Å². The topological polar surface area (TPSA) is 61.6 Å². The molecule has 1 aliphatic heterocycles. The van der Waals surface area contributed by atoms with Crippen LogP contribution in [0, 0.1) is 0 Å². The second-order valence-corrected chi connectivity index (χ2v) is 5.28. The first-order valence-corrected chi connectivity index (χ1v) is 7.23. The molecule has 1 aromatic rings. The number of hydrogen-bond acceptors (Lipinski definition) is 4. The normalized spacial score (nSPS) is 16.8. The first kappa shape index (κ1) is 14.7. The lowest BCUT2D eigenvalue weighted by molar-refractivity contribution is 0.0956. The van der Waals surface area contributed by atoms with Gasteiger partial charge in [-0.1, -0.05) is 0 Å². The predicted molar refractivity (Wildman–Crippen MR) is 83.2 cm³/mol. The van der Waals surface area contributed by atoms with Gasteiger partial charge >= 0.3 is 0 Å². The molecule has 110 valence electrons. The molecule has 1 heterocycles. The summed E-state index contributed by atoms with van der Waals surface area (Å²) in [5, 5.41) is 2.79. The van der Waals surface area contributed by atoms with Crippen molar-refractivity contribution >= 4 is 17.3 Å². The minimum absolute atomic E-state index is 0.0682. The molecule has 20 heavy (non-hydrogen) atoms. The summed E-state index contributed by atoms with van der Waals surface area (Å²) in [7, 11) is 2.14. The van der Waals surface area contributed by atoms with Gasteiger partial charge in [-0.15, -0.1) is 0 Å². The Balaban J connectivity index is 2.14. The van der Waals surface area contributed by atoms with Crippen LogP contribution in [0.15, 0.2) is 18.2 Å². The van der Waals surface area contributed by atoms with Crippen LogP contribution in [0.3, 0.4) is 0 Å². The number of nitrogens with zero attached hydrogens (tertiary/aromatic N) is 2. The lowest BCUT2D eigenvalue weighted by Crippen LogP contribution is -2.29. The Kier molecular flexibility index (Phi) is 4.84. The van der Waals surface area contributed by atoms with Gasteiger partial charge in [-0.2, -0.15) is 0 Å². The first-order chi connectivity index (χ1) is 9.61. The highest BCUT2D eigenvalue weighted by molar-refractivity contribution is 5.96. The van der Waals surface area contributed by atoms with E-state index >= 15 is 0 Å². The lowest BCUT2D eigenvalue weighted by atomic mass is 10.1. The van der Waals surface area contributed by atoms with E-state index < -0.39 is 0 Å². The molecule has 5 nitrogen and oxygen atoms in total. The zero-order valence-corrected chi connectivity index (χ0v) is 12.4. The molecular formula is C15H24N4O. The van der Waals surface area contributed by atoms with Gasteiger partial charge in [0.2, 0.25) is 0 Å². The Bertz CT molecular complexity index is 475. The van der Waals surface area contributed by atoms with Crippen LogP contribution in [0.2, 0.25) is 0 Å². The molecule has 0 radical (unpaired) electrons. The number of hydrogen-bond donors (Lipinski definition) is 2. The summed E-state index contributed by atoms with van der Waals surface area (Å²) in [6, 6.07) is 5.59. The van der Waals surface area contributed by atoms with Crippen molar-refractivity contribution in [3.8, 4) is 0 Å². The Hall–Kier alpha value is -1.75. The van der Waals surface area contributed by atoms with Gasteiger partial charge in [0.1, 0.15) is 0 Å². The first-order valence-electron chi connectivity index (χ1n) is 7.23. The zero-order chi connectivity index (χ0) is 14.5. The van der Waals surface area contributed by atoms with Gasteiger partial charge in [0.05, 0.1) is 11.4 Å². The van der Waals surface area contributed by atoms with Crippen LogP contribution in [0.1, 0.15) is 23.7 Å². The van der Waals surface area contributed by atoms with Crippen molar-refractivity contribution < 1.29 is 4.79 Å². The van der Waals surface area contributed by atoms with E-state index in [0.717, 1.165) is 38.3 Å². The van der Waals surface area contributed by atoms with Crippen LogP contribution in [0.25, 0.3) is 0 Å². The van der Waals surface area contributed by atoms with Gasteiger partial charge in [0.15, 0.2) is 0 Å². The molecule has 1 aliphatic rings. The molecule has 1 fully saturated rings. The zero-order valence-electron chi connectivity index (χ0n) is 12.4. The van der Waals surface area contributed by atoms with Crippen LogP contribution in [-0.2, 0) is 0 Å². The maximum atomic E-state index is 11.8. The van der Waals surface area contributed by atoms with E-state index in [9.17, 15) is 4.79 Å². The highest BCUT2D eigenvalue weighted by Crippen LogP contribution is 2.25. The van der Waals surface area contributed by atoms with Crippen molar-refractivity contribution in [3.05, 3.63) is 23.8 Å². The molecule has 2 rings (SSSR count). The maximum absolute atomic E-state index is 11.8. The standard InChI is InChI=1S/C15H24N4O/c1-3-17-15(20)12-5-6-14(13(16)11-12)19-8-4-7-18(2)9-10-19/h5-6,11H,3-4,7-10,16H2,1-2H3,(H,17,20). The number of benzene rings is 1. The van der Waals surface area contributed by atoms with Crippen LogP contribution in [0.4, 0.5) is 11.4 Å². The summed E-state index contributed by atoms with van der Waals surface area (Å²) >= 11 is 0. The van der Waals surface area contributed by atoms with Crippen LogP contribution in [-0.4, -0.2) is 50.6 Å². The highest BCUT2D eigenvalue weighted by atomic mass is 16.1. The summed E-state index contributed by atoms with van der Waals surface area (Å²) in [6.45, 7) is 6.67. The monoisotopic (exact) mass is 276 g/mol. The van der Waals surface area contributed by atoms with E-state index in [2.05, 4.69) is 22.2 Å². The number of anilines is 2. The highest BCUT2D eigenvalue weighted by Gasteiger charge is 2.15. The molecule has 0 atom stereocenters. The fourth-order valence-corrected chi connectivity index (χ4v) is 2.53. The van der Waals surface area contributed by atoms with Gasteiger partial charge in [-0.25, -0.2) is 0 Å². The van der Waals surface area contributed by atoms with E-state index in [1.807, 2.05) is 19.1 Å². The minimum atomic E-state index is -0.0682. The smallest absolute Gasteiger partial charge is 0.251 e. The fourth-order valence-electron chi connectivity index (χ4n) is 2.53. The quantitative estimate of drug-likeness (QED) is 0.813. The van der Waals surface area contributed by atoms with Crippen LogP contribution >= 0.6 is 0 Å². The summed E-state index contributed by atoms with van der Waals surface area (Å²) in [6.07, 6.45) is 1.13. The van der Waals surface area contributed by atoms with Crippen molar-refractivity contribution in [2.75, 3.05) is 50.4 Å². The molecule has 0 bridgehead atoms. The molecular weight excluding hydrogens is 252 g/mol. The Morgan fingerprint density at radius 3 is 2.80 bits per heavy atom. The number of amides is 1. The van der Waals surface area contributed by atoms with Gasteiger partial charge < -0.3 is 20.9 Å². The molecule has 3 N–H and O–H groups in total. The third-order valence-corrected chi connectivity index (χ3v) is 3.69. The van der Waals surface area contributed by atoms with Crippen LogP contribution < -0.4 is 16.0 Å². The number of nitrogen functional groups attached to an aromatic ring is 1. The van der Waals surface area contributed by atoms with Crippen LogP contribution in [0.5, 0.6) is 0 Å². The number of likely N-dealkylation sites (N-methyl/N-ethyl adjacent to an activating group) is 1. The summed E-state index contributed by atoms with van der Waals surface area (Å²) in [4.78, 5) is 16.4. The fraction of sp³-hybridized carbons (Fsp3) is 0.533. The second kappa shape index (κ2) is 6.61. The van der Waals surface area contributed by atoms with E-state index in [1.54, 1.807) is 6.07 Å². The van der Waals surface area contributed by atoms with Gasteiger partial charge in [0, 0.05) is 31.7 Å². The maximum Gasteiger partial charge on any atom is 0.251 e. The molecule has 5 heteroatoms. The second-order valence-electron chi connectivity index (χ2n) is 5.28. The van der Waals surface area contributed by atoms with E-state index in [1.165, 1.54) is 0 Å². The van der Waals surface area contributed by atoms with Gasteiger partial charge in [-0.3, -0.25) is 4.79 Å². The third kappa shape index (κ3) is 3.42. The molecule has 1 aromatic carbocycles. The molecule has 0 aromatic heterocycles.